The van der Waals surface area contributed by atoms with Gasteiger partial charge in [-0.1, -0.05) is 26.0 Å². The molecule has 0 atom stereocenters. The lowest BCUT2D eigenvalue weighted by Gasteiger charge is -2.13. The third kappa shape index (κ3) is 3.55. The molecule has 28 heavy (non-hydrogen) atoms. The monoisotopic (exact) mass is 401 g/mol. The first-order chi connectivity index (χ1) is 13.2. The lowest BCUT2D eigenvalue weighted by molar-refractivity contribution is -0.384. The topological polar surface area (TPSA) is 113 Å². The van der Waals surface area contributed by atoms with E-state index in [4.69, 9.17) is 0 Å². The first-order valence-corrected chi connectivity index (χ1v) is 9.53. The van der Waals surface area contributed by atoms with E-state index in [1.807, 2.05) is 13.8 Å². The minimum absolute atomic E-state index is 0.000669. The van der Waals surface area contributed by atoms with Crippen LogP contribution >= 0.6 is 11.8 Å². The first-order valence-electron chi connectivity index (χ1n) is 8.54. The highest BCUT2D eigenvalue weighted by atomic mass is 32.2. The summed E-state index contributed by atoms with van der Waals surface area (Å²) >= 11 is 1.29. The minimum atomic E-state index is -0.463. The Labute approximate surface area is 164 Å². The number of nitrogens with zero attached hydrogens (tertiary/aromatic N) is 5. The Morgan fingerprint density at radius 1 is 1.18 bits per heavy atom. The third-order valence-electron chi connectivity index (χ3n) is 4.30. The number of hydrogen-bond donors (Lipinski definition) is 0. The Balaban J connectivity index is 2.14. The first kappa shape index (κ1) is 19.7. The van der Waals surface area contributed by atoms with Crippen LogP contribution in [-0.2, 0) is 19.8 Å². The Morgan fingerprint density at radius 3 is 2.54 bits per heavy atom. The molecule has 3 aromatic rings. The summed E-state index contributed by atoms with van der Waals surface area (Å²) in [7, 11) is 2.98. The molecule has 3 rings (SSSR count). The number of aromatic nitrogens is 4. The Bertz CT molecular complexity index is 1200. The molecule has 0 fully saturated rings. The van der Waals surface area contributed by atoms with Gasteiger partial charge < -0.3 is 0 Å². The van der Waals surface area contributed by atoms with Crippen LogP contribution in [0.2, 0.25) is 0 Å². The van der Waals surface area contributed by atoms with Crippen molar-refractivity contribution in [3.8, 4) is 0 Å². The van der Waals surface area contributed by atoms with Gasteiger partial charge in [0.05, 0.1) is 4.92 Å². The van der Waals surface area contributed by atoms with Crippen LogP contribution in [0.1, 0.15) is 31.2 Å². The molecule has 0 radical (unpaired) electrons. The number of non-ortho nitro benzene ring substituents is 1. The van der Waals surface area contributed by atoms with Crippen LogP contribution in [0, 0.1) is 10.1 Å². The molecule has 0 spiro atoms. The molecule has 1 aromatic carbocycles. The van der Waals surface area contributed by atoms with Gasteiger partial charge in [-0.25, -0.2) is 14.8 Å². The second-order valence-corrected chi connectivity index (χ2v) is 7.63. The highest BCUT2D eigenvalue weighted by Gasteiger charge is 2.19. The molecule has 2 aromatic heterocycles. The summed E-state index contributed by atoms with van der Waals surface area (Å²) in [5, 5.41) is 11.7. The number of nitro benzene ring substituents is 1. The SMILES string of the molecule is CC(C)c1nc(SCc2cccc([N+](=O)[O-])c2)c2c(=O)n(C)c(=O)n(C)c2n1. The van der Waals surface area contributed by atoms with E-state index < -0.39 is 16.2 Å². The van der Waals surface area contributed by atoms with E-state index in [0.29, 0.717) is 16.6 Å². The van der Waals surface area contributed by atoms with Gasteiger partial charge in [-0.15, -0.1) is 11.8 Å². The van der Waals surface area contributed by atoms with Crippen LogP contribution in [0.4, 0.5) is 5.69 Å². The van der Waals surface area contributed by atoms with Crippen LogP contribution in [0.5, 0.6) is 0 Å². The number of nitro groups is 1. The second kappa shape index (κ2) is 7.55. The van der Waals surface area contributed by atoms with E-state index in [9.17, 15) is 19.7 Å². The fourth-order valence-corrected chi connectivity index (χ4v) is 3.68. The van der Waals surface area contributed by atoms with Crippen molar-refractivity contribution in [1.29, 1.82) is 0 Å². The Morgan fingerprint density at radius 2 is 1.89 bits per heavy atom. The zero-order chi connectivity index (χ0) is 20.6. The molecule has 0 amide bonds. The fraction of sp³-hybridized carbons (Fsp3) is 0.333. The summed E-state index contributed by atoms with van der Waals surface area (Å²) in [5.41, 5.74) is 0.106. The van der Waals surface area contributed by atoms with Gasteiger partial charge in [-0.3, -0.25) is 24.0 Å². The highest BCUT2D eigenvalue weighted by Crippen LogP contribution is 2.28. The van der Waals surface area contributed by atoms with Crippen molar-refractivity contribution < 1.29 is 4.92 Å². The van der Waals surface area contributed by atoms with Gasteiger partial charge in [0.15, 0.2) is 5.65 Å². The van der Waals surface area contributed by atoms with Crippen LogP contribution < -0.4 is 11.2 Å². The summed E-state index contributed by atoms with van der Waals surface area (Å²) in [6.07, 6.45) is 0. The van der Waals surface area contributed by atoms with E-state index in [2.05, 4.69) is 9.97 Å². The summed E-state index contributed by atoms with van der Waals surface area (Å²) in [6, 6.07) is 6.32. The molecule has 2 heterocycles. The Hall–Kier alpha value is -3.01. The molecular formula is C18H19N5O4S. The summed E-state index contributed by atoms with van der Waals surface area (Å²) in [5.74, 6) is 0.912. The number of rotatable bonds is 5. The third-order valence-corrected chi connectivity index (χ3v) is 5.34. The van der Waals surface area contributed by atoms with Crippen LogP contribution in [0.25, 0.3) is 11.0 Å². The maximum Gasteiger partial charge on any atom is 0.332 e. The van der Waals surface area contributed by atoms with Gasteiger partial charge in [0.25, 0.3) is 11.2 Å². The summed E-state index contributed by atoms with van der Waals surface area (Å²) in [4.78, 5) is 44.5. The number of thioether (sulfide) groups is 1. The van der Waals surface area contributed by atoms with Crippen molar-refractivity contribution in [2.45, 2.75) is 30.5 Å². The number of aryl methyl sites for hydroxylation is 1. The smallest absolute Gasteiger partial charge is 0.280 e. The van der Waals surface area contributed by atoms with E-state index in [1.165, 1.54) is 35.5 Å². The second-order valence-electron chi connectivity index (χ2n) is 6.66. The van der Waals surface area contributed by atoms with Gasteiger partial charge >= 0.3 is 5.69 Å². The summed E-state index contributed by atoms with van der Waals surface area (Å²) < 4.78 is 2.36. The van der Waals surface area contributed by atoms with Crippen molar-refractivity contribution >= 4 is 28.5 Å². The van der Waals surface area contributed by atoms with Crippen molar-refractivity contribution in [1.82, 2.24) is 19.1 Å². The Kier molecular flexibility index (Phi) is 5.32. The molecule has 0 aliphatic heterocycles. The highest BCUT2D eigenvalue weighted by molar-refractivity contribution is 7.98. The van der Waals surface area contributed by atoms with Crippen molar-refractivity contribution in [2.75, 3.05) is 0 Å². The molecule has 10 heteroatoms. The zero-order valence-corrected chi connectivity index (χ0v) is 16.7. The maximum absolute atomic E-state index is 12.7. The number of fused-ring (bicyclic) bond motifs is 1. The lowest BCUT2D eigenvalue weighted by atomic mass is 10.2. The molecule has 0 saturated carbocycles. The van der Waals surface area contributed by atoms with E-state index in [-0.39, 0.29) is 22.6 Å². The molecule has 0 saturated heterocycles. The van der Waals surface area contributed by atoms with Crippen LogP contribution in [-0.4, -0.2) is 24.0 Å². The van der Waals surface area contributed by atoms with E-state index >= 15 is 0 Å². The molecule has 0 bridgehead atoms. The molecule has 9 nitrogen and oxygen atoms in total. The summed E-state index contributed by atoms with van der Waals surface area (Å²) in [6.45, 7) is 3.85. The van der Waals surface area contributed by atoms with Gasteiger partial charge in [0.1, 0.15) is 16.2 Å². The lowest BCUT2D eigenvalue weighted by Crippen LogP contribution is -2.37. The van der Waals surface area contributed by atoms with Crippen LogP contribution in [0.15, 0.2) is 38.9 Å². The predicted octanol–water partition coefficient (Wildman–Crippen LogP) is 2.35. The maximum atomic E-state index is 12.7. The standard InChI is InChI=1S/C18H19N5O4S/c1-10(2)14-19-15-13(17(24)22(4)18(25)21(15)3)16(20-14)28-9-11-6-5-7-12(8-11)23(26)27/h5-8,10H,9H2,1-4H3. The fourth-order valence-electron chi connectivity index (χ4n) is 2.72. The average Bonchev–Trinajstić information content (AvgIpc) is 2.68. The molecule has 146 valence electrons. The minimum Gasteiger partial charge on any atom is -0.280 e. The molecule has 0 unspecified atom stereocenters. The van der Waals surface area contributed by atoms with Gasteiger partial charge in [-0.2, -0.15) is 0 Å². The molecular weight excluding hydrogens is 382 g/mol. The number of hydrogen-bond acceptors (Lipinski definition) is 7. The van der Waals surface area contributed by atoms with E-state index in [0.717, 1.165) is 10.1 Å². The zero-order valence-electron chi connectivity index (χ0n) is 15.9. The van der Waals surface area contributed by atoms with Gasteiger partial charge in [-0.05, 0) is 5.56 Å². The van der Waals surface area contributed by atoms with Crippen LogP contribution in [0.3, 0.4) is 0 Å². The van der Waals surface area contributed by atoms with Crippen molar-refractivity contribution in [3.63, 3.8) is 0 Å². The average molecular weight is 401 g/mol. The molecule has 0 aliphatic carbocycles. The predicted molar refractivity (Wildman–Crippen MR) is 107 cm³/mol. The van der Waals surface area contributed by atoms with Crippen molar-refractivity contribution in [3.05, 3.63) is 66.6 Å². The van der Waals surface area contributed by atoms with Crippen molar-refractivity contribution in [2.24, 2.45) is 14.1 Å². The van der Waals surface area contributed by atoms with Gasteiger partial charge in [0.2, 0.25) is 0 Å². The molecule has 0 N–H and O–H groups in total. The quantitative estimate of drug-likeness (QED) is 0.279. The molecule has 0 aliphatic rings. The largest absolute Gasteiger partial charge is 0.332 e. The normalized spacial score (nSPS) is 11.3. The van der Waals surface area contributed by atoms with Gasteiger partial charge in [0, 0.05) is 37.9 Å². The van der Waals surface area contributed by atoms with E-state index in [1.54, 1.807) is 19.2 Å². The number of benzene rings is 1.